The summed E-state index contributed by atoms with van der Waals surface area (Å²) in [6, 6.07) is 43.9. The highest BCUT2D eigenvalue weighted by atomic mass is 14.3. The average molecular weight is 417 g/mol. The molecule has 1 atom stereocenters. The van der Waals surface area contributed by atoms with Crippen molar-refractivity contribution in [2.45, 2.75) is 38.5 Å². The third kappa shape index (κ3) is 5.26. The van der Waals surface area contributed by atoms with Crippen LogP contribution in [0.3, 0.4) is 0 Å². The van der Waals surface area contributed by atoms with Crippen molar-refractivity contribution >= 4 is 11.1 Å². The molecule has 0 spiro atoms. The minimum atomic E-state index is 0.334. The smallest absolute Gasteiger partial charge is 0.0102 e. The molecule has 0 amide bonds. The molecule has 4 aromatic carbocycles. The molecule has 0 N–H and O–H groups in total. The maximum absolute atomic E-state index is 2.30. The van der Waals surface area contributed by atoms with Crippen molar-refractivity contribution in [1.29, 1.82) is 0 Å². The van der Waals surface area contributed by atoms with Gasteiger partial charge in [0.2, 0.25) is 0 Å². The lowest BCUT2D eigenvalue weighted by Gasteiger charge is -2.26. The quantitative estimate of drug-likeness (QED) is 0.189. The third-order valence-electron chi connectivity index (χ3n) is 6.13. The van der Waals surface area contributed by atoms with Crippen LogP contribution in [0.2, 0.25) is 0 Å². The second kappa shape index (κ2) is 11.3. The van der Waals surface area contributed by atoms with E-state index in [0.717, 1.165) is 6.42 Å². The summed E-state index contributed by atoms with van der Waals surface area (Å²) in [4.78, 5) is 0. The van der Waals surface area contributed by atoms with Crippen LogP contribution in [0.25, 0.3) is 11.1 Å². The summed E-state index contributed by atoms with van der Waals surface area (Å²) in [5.41, 5.74) is 8.00. The van der Waals surface area contributed by atoms with E-state index in [4.69, 9.17) is 0 Å². The maximum Gasteiger partial charge on any atom is 0.0102 e. The molecule has 0 heteroatoms. The summed E-state index contributed by atoms with van der Waals surface area (Å²) in [7, 11) is 0. The molecule has 1 unspecified atom stereocenters. The molecule has 4 aromatic rings. The molecule has 0 aliphatic carbocycles. The van der Waals surface area contributed by atoms with E-state index in [1.807, 2.05) is 0 Å². The van der Waals surface area contributed by atoms with Crippen LogP contribution in [-0.4, -0.2) is 0 Å². The molecule has 0 nitrogen and oxygen atoms in total. The number of unbranched alkanes of at least 4 members (excludes halogenated alkanes) is 2. The summed E-state index contributed by atoms with van der Waals surface area (Å²) >= 11 is 0. The molecule has 0 aliphatic heterocycles. The lowest BCUT2D eigenvalue weighted by molar-refractivity contribution is 0.636. The molecule has 0 radical (unpaired) electrons. The molecular formula is C32H32. The van der Waals surface area contributed by atoms with Gasteiger partial charge in [0.05, 0.1) is 0 Å². The van der Waals surface area contributed by atoms with Crippen LogP contribution in [0.5, 0.6) is 0 Å². The summed E-state index contributed by atoms with van der Waals surface area (Å²) in [6.07, 6.45) is 4.86. The van der Waals surface area contributed by atoms with Crippen LogP contribution < -0.4 is 0 Å². The van der Waals surface area contributed by atoms with Crippen molar-refractivity contribution in [3.05, 3.63) is 144 Å². The van der Waals surface area contributed by atoms with Crippen molar-refractivity contribution < 1.29 is 0 Å². The van der Waals surface area contributed by atoms with Gasteiger partial charge in [-0.25, -0.2) is 0 Å². The Morgan fingerprint density at radius 2 is 0.969 bits per heavy atom. The van der Waals surface area contributed by atoms with Gasteiger partial charge < -0.3 is 0 Å². The van der Waals surface area contributed by atoms with Gasteiger partial charge in [0, 0.05) is 5.92 Å². The summed E-state index contributed by atoms with van der Waals surface area (Å²) < 4.78 is 0. The highest BCUT2D eigenvalue weighted by molar-refractivity contribution is 6.00. The van der Waals surface area contributed by atoms with E-state index in [1.54, 1.807) is 0 Å². The summed E-state index contributed by atoms with van der Waals surface area (Å²) in [5.74, 6) is 0.334. The first kappa shape index (κ1) is 21.8. The number of hydrogen-bond donors (Lipinski definition) is 0. The lowest BCUT2D eigenvalue weighted by Crippen LogP contribution is -2.07. The Kier molecular flexibility index (Phi) is 7.71. The highest BCUT2D eigenvalue weighted by Gasteiger charge is 2.23. The Balaban J connectivity index is 2.01. The van der Waals surface area contributed by atoms with E-state index in [0.29, 0.717) is 5.92 Å². The predicted molar refractivity (Wildman–Crippen MR) is 139 cm³/mol. The molecule has 0 saturated carbocycles. The molecule has 0 saturated heterocycles. The topological polar surface area (TPSA) is 0 Å². The standard InChI is InChI=1S/C32H32/c1-2-3-8-25-30(26-17-9-4-10-18-26)32(29-23-15-7-16-24-29)31(27-19-11-5-12-20-27)28-21-13-6-14-22-28/h4-7,9-24,30H,2-3,8,25H2,1H3. The Morgan fingerprint density at radius 1 is 0.531 bits per heavy atom. The summed E-state index contributed by atoms with van der Waals surface area (Å²) in [6.45, 7) is 2.28. The zero-order valence-corrected chi connectivity index (χ0v) is 19.0. The third-order valence-corrected chi connectivity index (χ3v) is 6.13. The van der Waals surface area contributed by atoms with Crippen LogP contribution in [0, 0.1) is 0 Å². The van der Waals surface area contributed by atoms with Crippen LogP contribution in [-0.2, 0) is 0 Å². The second-order valence-electron chi connectivity index (χ2n) is 8.35. The molecule has 0 aromatic heterocycles. The molecule has 0 heterocycles. The van der Waals surface area contributed by atoms with Gasteiger partial charge in [-0.3, -0.25) is 0 Å². The number of rotatable bonds is 9. The van der Waals surface area contributed by atoms with Gasteiger partial charge in [-0.15, -0.1) is 0 Å². The van der Waals surface area contributed by atoms with Crippen LogP contribution >= 0.6 is 0 Å². The van der Waals surface area contributed by atoms with Crippen molar-refractivity contribution in [2.24, 2.45) is 0 Å². The van der Waals surface area contributed by atoms with E-state index in [-0.39, 0.29) is 0 Å². The van der Waals surface area contributed by atoms with Crippen LogP contribution in [0.1, 0.15) is 60.8 Å². The monoisotopic (exact) mass is 416 g/mol. The van der Waals surface area contributed by atoms with Crippen molar-refractivity contribution in [1.82, 2.24) is 0 Å². The SMILES string of the molecule is CCCCCC(C(=C(c1ccccc1)c1ccccc1)c1ccccc1)c1ccccc1. The first-order valence-electron chi connectivity index (χ1n) is 11.8. The molecule has 0 fully saturated rings. The minimum absolute atomic E-state index is 0.334. The molecule has 0 bridgehead atoms. The van der Waals surface area contributed by atoms with Gasteiger partial charge in [0.25, 0.3) is 0 Å². The fraction of sp³-hybridized carbons (Fsp3) is 0.188. The first-order chi connectivity index (χ1) is 15.9. The van der Waals surface area contributed by atoms with E-state index in [9.17, 15) is 0 Å². The van der Waals surface area contributed by atoms with Gasteiger partial charge in [-0.1, -0.05) is 148 Å². The Hall–Kier alpha value is -3.38. The molecule has 160 valence electrons. The Labute approximate surface area is 193 Å². The second-order valence-corrected chi connectivity index (χ2v) is 8.35. The average Bonchev–Trinajstić information content (AvgIpc) is 2.88. The van der Waals surface area contributed by atoms with E-state index in [1.165, 1.54) is 52.7 Å². The Morgan fingerprint density at radius 3 is 1.44 bits per heavy atom. The molecular weight excluding hydrogens is 384 g/mol. The van der Waals surface area contributed by atoms with Crippen LogP contribution in [0.15, 0.2) is 121 Å². The predicted octanol–water partition coefficient (Wildman–Crippen LogP) is 9.01. The zero-order chi connectivity index (χ0) is 22.0. The molecule has 32 heavy (non-hydrogen) atoms. The van der Waals surface area contributed by atoms with Crippen molar-refractivity contribution in [3.63, 3.8) is 0 Å². The van der Waals surface area contributed by atoms with Gasteiger partial charge in [0.15, 0.2) is 0 Å². The molecule has 0 aliphatic rings. The van der Waals surface area contributed by atoms with Gasteiger partial charge in [-0.05, 0) is 39.8 Å². The number of benzene rings is 4. The van der Waals surface area contributed by atoms with Gasteiger partial charge in [0.1, 0.15) is 0 Å². The lowest BCUT2D eigenvalue weighted by atomic mass is 9.77. The largest absolute Gasteiger partial charge is 0.0654 e. The van der Waals surface area contributed by atoms with Gasteiger partial charge >= 0.3 is 0 Å². The van der Waals surface area contributed by atoms with Crippen LogP contribution in [0.4, 0.5) is 0 Å². The fourth-order valence-corrected chi connectivity index (χ4v) is 4.59. The first-order valence-corrected chi connectivity index (χ1v) is 11.8. The summed E-state index contributed by atoms with van der Waals surface area (Å²) in [5, 5.41) is 0. The van der Waals surface area contributed by atoms with Gasteiger partial charge in [-0.2, -0.15) is 0 Å². The number of allylic oxidation sites excluding steroid dienone is 1. The fourth-order valence-electron chi connectivity index (χ4n) is 4.59. The van der Waals surface area contributed by atoms with Crippen molar-refractivity contribution in [2.75, 3.05) is 0 Å². The Bertz CT molecular complexity index is 1050. The van der Waals surface area contributed by atoms with E-state index in [2.05, 4.69) is 128 Å². The maximum atomic E-state index is 2.30. The highest BCUT2D eigenvalue weighted by Crippen LogP contribution is 2.43. The van der Waals surface area contributed by atoms with Crippen molar-refractivity contribution in [3.8, 4) is 0 Å². The zero-order valence-electron chi connectivity index (χ0n) is 19.0. The minimum Gasteiger partial charge on any atom is -0.0654 e. The molecule has 4 rings (SSSR count). The van der Waals surface area contributed by atoms with E-state index >= 15 is 0 Å². The normalized spacial score (nSPS) is 11.7. The number of hydrogen-bond acceptors (Lipinski definition) is 0. The van der Waals surface area contributed by atoms with E-state index < -0.39 is 0 Å².